The van der Waals surface area contributed by atoms with Crippen molar-refractivity contribution >= 4 is 29.6 Å². The monoisotopic (exact) mass is 265 g/mol. The minimum Gasteiger partial charge on any atom is -0.344 e. The molecule has 0 fully saturated rings. The average Bonchev–Trinajstić information content (AvgIpc) is 2.38. The molecule has 0 radical (unpaired) electrons. The molecule has 1 aromatic rings. The molecule has 0 saturated heterocycles. The maximum Gasteiger partial charge on any atom is 0.329 e. The molecule has 5 nitrogen and oxygen atoms in total. The molecule has 0 aliphatic carbocycles. The summed E-state index contributed by atoms with van der Waals surface area (Å²) in [6, 6.07) is 6.86. The van der Waals surface area contributed by atoms with E-state index in [9.17, 15) is 9.59 Å². The van der Waals surface area contributed by atoms with Crippen LogP contribution in [0, 0.1) is 0 Å². The highest BCUT2D eigenvalue weighted by Gasteiger charge is 2.10. The number of rotatable bonds is 4. The van der Waals surface area contributed by atoms with Crippen LogP contribution in [0.2, 0.25) is 5.02 Å². The van der Waals surface area contributed by atoms with Crippen molar-refractivity contribution in [2.75, 3.05) is 6.54 Å². The van der Waals surface area contributed by atoms with Crippen LogP contribution in [0.25, 0.3) is 0 Å². The lowest BCUT2D eigenvalue weighted by Crippen LogP contribution is -2.37. The van der Waals surface area contributed by atoms with Gasteiger partial charge in [-0.3, -0.25) is 9.59 Å². The van der Waals surface area contributed by atoms with Gasteiger partial charge in [0, 0.05) is 11.6 Å². The predicted molar refractivity (Wildman–Crippen MR) is 70.4 cm³/mol. The van der Waals surface area contributed by atoms with Crippen LogP contribution in [0.15, 0.2) is 42.0 Å². The fourth-order valence-electron chi connectivity index (χ4n) is 1.01. The molecule has 0 atom stereocenters. The van der Waals surface area contributed by atoms with Gasteiger partial charge < -0.3 is 5.32 Å². The zero-order valence-electron chi connectivity index (χ0n) is 9.52. The highest BCUT2D eigenvalue weighted by molar-refractivity contribution is 6.35. The summed E-state index contributed by atoms with van der Waals surface area (Å²) in [7, 11) is 0. The Kier molecular flexibility index (Phi) is 5.60. The number of hydrogen-bond acceptors (Lipinski definition) is 3. The Bertz CT molecular complexity index is 469. The third kappa shape index (κ3) is 4.80. The Morgan fingerprint density at radius 2 is 1.94 bits per heavy atom. The van der Waals surface area contributed by atoms with Crippen LogP contribution in [0.5, 0.6) is 0 Å². The van der Waals surface area contributed by atoms with E-state index in [0.717, 1.165) is 5.56 Å². The van der Waals surface area contributed by atoms with Crippen molar-refractivity contribution in [1.29, 1.82) is 0 Å². The van der Waals surface area contributed by atoms with Gasteiger partial charge in [-0.25, -0.2) is 5.43 Å². The Hall–Kier alpha value is -2.14. The number of benzene rings is 1. The summed E-state index contributed by atoms with van der Waals surface area (Å²) in [5.74, 6) is -1.59. The maximum absolute atomic E-state index is 11.2. The summed E-state index contributed by atoms with van der Waals surface area (Å²) < 4.78 is 0. The molecule has 0 spiro atoms. The molecular formula is C12H12ClN3O2. The molecule has 0 bridgehead atoms. The second-order valence-corrected chi connectivity index (χ2v) is 3.69. The van der Waals surface area contributed by atoms with E-state index in [1.807, 2.05) is 0 Å². The molecule has 6 heteroatoms. The van der Waals surface area contributed by atoms with Crippen molar-refractivity contribution < 1.29 is 9.59 Å². The second kappa shape index (κ2) is 7.24. The van der Waals surface area contributed by atoms with Crippen molar-refractivity contribution in [3.05, 3.63) is 47.5 Å². The van der Waals surface area contributed by atoms with Gasteiger partial charge in [0.25, 0.3) is 0 Å². The number of halogens is 1. The van der Waals surface area contributed by atoms with Gasteiger partial charge in [-0.05, 0) is 17.7 Å². The van der Waals surface area contributed by atoms with Gasteiger partial charge in [-0.1, -0.05) is 29.8 Å². The normalized spacial score (nSPS) is 10.1. The number of amides is 2. The summed E-state index contributed by atoms with van der Waals surface area (Å²) in [5.41, 5.74) is 2.86. The fraction of sp³-hybridized carbons (Fsp3) is 0.0833. The van der Waals surface area contributed by atoms with Gasteiger partial charge >= 0.3 is 11.8 Å². The molecule has 1 aromatic carbocycles. The molecule has 0 unspecified atom stereocenters. The van der Waals surface area contributed by atoms with Crippen molar-refractivity contribution in [2.45, 2.75) is 0 Å². The smallest absolute Gasteiger partial charge is 0.329 e. The van der Waals surface area contributed by atoms with Crippen molar-refractivity contribution in [2.24, 2.45) is 5.10 Å². The zero-order chi connectivity index (χ0) is 13.4. The summed E-state index contributed by atoms with van der Waals surface area (Å²) in [6.07, 6.45) is 2.89. The topological polar surface area (TPSA) is 70.6 Å². The van der Waals surface area contributed by atoms with E-state index < -0.39 is 11.8 Å². The molecule has 0 saturated carbocycles. The molecule has 94 valence electrons. The van der Waals surface area contributed by atoms with Crippen LogP contribution >= 0.6 is 11.6 Å². The van der Waals surface area contributed by atoms with Crippen LogP contribution in [-0.2, 0) is 9.59 Å². The highest BCUT2D eigenvalue weighted by Crippen LogP contribution is 2.07. The summed E-state index contributed by atoms with van der Waals surface area (Å²) in [6.45, 7) is 3.64. The molecule has 18 heavy (non-hydrogen) atoms. The van der Waals surface area contributed by atoms with Crippen LogP contribution in [0.1, 0.15) is 5.56 Å². The zero-order valence-corrected chi connectivity index (χ0v) is 10.3. The molecule has 0 aliphatic rings. The lowest BCUT2D eigenvalue weighted by Gasteiger charge is -1.99. The van der Waals surface area contributed by atoms with E-state index in [0.29, 0.717) is 5.02 Å². The quantitative estimate of drug-likeness (QED) is 0.370. The number of carbonyl (C=O) groups is 2. The van der Waals surface area contributed by atoms with Crippen molar-refractivity contribution in [3.8, 4) is 0 Å². The second-order valence-electron chi connectivity index (χ2n) is 3.25. The van der Waals surface area contributed by atoms with Crippen molar-refractivity contribution in [3.63, 3.8) is 0 Å². The molecule has 2 N–H and O–H groups in total. The standard InChI is InChI=1S/C12H12ClN3O2/c1-2-7-14-11(17)12(18)16-15-8-9-3-5-10(13)6-4-9/h2-6,8H,1,7H2,(H,14,17)(H,16,18)/b15-8+. The van der Waals surface area contributed by atoms with Crippen LogP contribution in [0.4, 0.5) is 0 Å². The number of hydrazone groups is 1. The molecule has 0 aromatic heterocycles. The van der Waals surface area contributed by atoms with E-state index in [4.69, 9.17) is 11.6 Å². The summed E-state index contributed by atoms with van der Waals surface area (Å²) in [4.78, 5) is 22.3. The van der Waals surface area contributed by atoms with Crippen LogP contribution in [0.3, 0.4) is 0 Å². The Morgan fingerprint density at radius 3 is 2.56 bits per heavy atom. The molecule has 0 aliphatic heterocycles. The first-order valence-electron chi connectivity index (χ1n) is 5.11. The third-order valence-corrected chi connectivity index (χ3v) is 2.11. The number of nitrogens with zero attached hydrogens (tertiary/aromatic N) is 1. The first-order valence-corrected chi connectivity index (χ1v) is 5.49. The van der Waals surface area contributed by atoms with Gasteiger partial charge in [-0.2, -0.15) is 5.10 Å². The maximum atomic E-state index is 11.2. The predicted octanol–water partition coefficient (Wildman–Crippen LogP) is 1.09. The van der Waals surface area contributed by atoms with Gasteiger partial charge in [0.15, 0.2) is 0 Å². The van der Waals surface area contributed by atoms with E-state index in [2.05, 4.69) is 22.4 Å². The van der Waals surface area contributed by atoms with Crippen LogP contribution < -0.4 is 10.7 Å². The number of carbonyl (C=O) groups excluding carboxylic acids is 2. The minimum absolute atomic E-state index is 0.229. The van der Waals surface area contributed by atoms with E-state index >= 15 is 0 Å². The molecule has 2 amide bonds. The number of hydrogen-bond donors (Lipinski definition) is 2. The Balaban J connectivity index is 2.44. The third-order valence-electron chi connectivity index (χ3n) is 1.86. The Labute approximate surface area is 110 Å². The summed E-state index contributed by atoms with van der Waals surface area (Å²) >= 11 is 5.71. The molecular weight excluding hydrogens is 254 g/mol. The molecule has 1 rings (SSSR count). The number of nitrogens with one attached hydrogen (secondary N) is 2. The van der Waals surface area contributed by atoms with Crippen molar-refractivity contribution in [1.82, 2.24) is 10.7 Å². The van der Waals surface area contributed by atoms with E-state index in [1.54, 1.807) is 24.3 Å². The van der Waals surface area contributed by atoms with E-state index in [1.165, 1.54) is 12.3 Å². The van der Waals surface area contributed by atoms with Crippen LogP contribution in [-0.4, -0.2) is 24.6 Å². The first-order chi connectivity index (χ1) is 8.63. The SMILES string of the molecule is C=CCNC(=O)C(=O)N/N=C/c1ccc(Cl)cc1. The van der Waals surface area contributed by atoms with Gasteiger partial charge in [-0.15, -0.1) is 6.58 Å². The van der Waals surface area contributed by atoms with E-state index in [-0.39, 0.29) is 6.54 Å². The average molecular weight is 266 g/mol. The lowest BCUT2D eigenvalue weighted by molar-refractivity contribution is -0.139. The fourth-order valence-corrected chi connectivity index (χ4v) is 1.14. The van der Waals surface area contributed by atoms with Gasteiger partial charge in [0.1, 0.15) is 0 Å². The van der Waals surface area contributed by atoms with Gasteiger partial charge in [0.05, 0.1) is 6.21 Å². The minimum atomic E-state index is -0.831. The van der Waals surface area contributed by atoms with Gasteiger partial charge in [0.2, 0.25) is 0 Å². The molecule has 0 heterocycles. The Morgan fingerprint density at radius 1 is 1.28 bits per heavy atom. The first kappa shape index (κ1) is 13.9. The lowest BCUT2D eigenvalue weighted by atomic mass is 10.2. The summed E-state index contributed by atoms with van der Waals surface area (Å²) in [5, 5.41) is 6.59. The largest absolute Gasteiger partial charge is 0.344 e. The highest BCUT2D eigenvalue weighted by atomic mass is 35.5.